The van der Waals surface area contributed by atoms with E-state index in [4.69, 9.17) is 16.3 Å². The van der Waals surface area contributed by atoms with Crippen LogP contribution in [0.5, 0.6) is 5.75 Å². The van der Waals surface area contributed by atoms with Crippen molar-refractivity contribution in [2.75, 3.05) is 14.1 Å². The van der Waals surface area contributed by atoms with E-state index in [-0.39, 0.29) is 12.5 Å². The van der Waals surface area contributed by atoms with Crippen molar-refractivity contribution >= 4 is 56.4 Å². The Bertz CT molecular complexity index is 1020. The fourth-order valence-corrected chi connectivity index (χ4v) is 4.52. The van der Waals surface area contributed by atoms with Crippen LogP contribution in [0, 0.1) is 11.3 Å². The molecule has 1 aliphatic heterocycles. The molecule has 0 spiro atoms. The Morgan fingerprint density at radius 3 is 2.79 bits per heavy atom. The molecular weight excluding hydrogens is 462 g/mol. The second kappa shape index (κ2) is 8.82. The van der Waals surface area contributed by atoms with E-state index >= 15 is 0 Å². The van der Waals surface area contributed by atoms with Gasteiger partial charge in [0.05, 0.1) is 26.0 Å². The van der Waals surface area contributed by atoms with Gasteiger partial charge in [-0.25, -0.2) is 0 Å². The van der Waals surface area contributed by atoms with Gasteiger partial charge in [0.15, 0.2) is 10.9 Å². The molecule has 1 aliphatic rings. The fourth-order valence-electron chi connectivity index (χ4n) is 2.61. The molecule has 0 N–H and O–H groups in total. The Balaban J connectivity index is 1.83. The first-order valence-electron chi connectivity index (χ1n) is 8.18. The van der Waals surface area contributed by atoms with Crippen LogP contribution in [-0.2, 0) is 11.4 Å². The number of thioether (sulfide) groups is 1. The SMILES string of the molecule is CN=C1S/C(=C/c2cc(Cl)c(OCc3ccccc3C#N)c(Br)c2)C(=O)N1C. The van der Waals surface area contributed by atoms with Crippen LogP contribution >= 0.6 is 39.3 Å². The van der Waals surface area contributed by atoms with Gasteiger partial charge >= 0.3 is 0 Å². The van der Waals surface area contributed by atoms with Crippen LogP contribution in [0.1, 0.15) is 16.7 Å². The van der Waals surface area contributed by atoms with Crippen LogP contribution in [0.4, 0.5) is 0 Å². The number of halogens is 2. The summed E-state index contributed by atoms with van der Waals surface area (Å²) in [6.07, 6.45) is 1.77. The van der Waals surface area contributed by atoms with Gasteiger partial charge in [0.25, 0.3) is 5.91 Å². The molecule has 1 amide bonds. The van der Waals surface area contributed by atoms with Gasteiger partial charge in [-0.05, 0) is 57.5 Å². The number of amides is 1. The summed E-state index contributed by atoms with van der Waals surface area (Å²) >= 11 is 11.2. The lowest BCUT2D eigenvalue weighted by Gasteiger charge is -2.12. The van der Waals surface area contributed by atoms with E-state index < -0.39 is 0 Å². The van der Waals surface area contributed by atoms with E-state index in [0.717, 1.165) is 11.1 Å². The minimum Gasteiger partial charge on any atom is -0.486 e. The number of rotatable bonds is 4. The van der Waals surface area contributed by atoms with Crippen molar-refractivity contribution in [1.82, 2.24) is 4.90 Å². The fraction of sp³-hybridized carbons (Fsp3) is 0.150. The number of amidine groups is 1. The highest BCUT2D eigenvalue weighted by molar-refractivity contribution is 9.10. The normalized spacial score (nSPS) is 16.7. The molecular formula is C20H15BrClN3O2S. The number of benzene rings is 2. The predicted octanol–water partition coefficient (Wildman–Crippen LogP) is 5.09. The van der Waals surface area contributed by atoms with Crippen LogP contribution in [0.2, 0.25) is 5.02 Å². The summed E-state index contributed by atoms with van der Waals surface area (Å²) in [4.78, 5) is 18.5. The lowest BCUT2D eigenvalue weighted by atomic mass is 10.1. The summed E-state index contributed by atoms with van der Waals surface area (Å²) in [5, 5.41) is 10.2. The van der Waals surface area contributed by atoms with Gasteiger partial charge < -0.3 is 4.74 Å². The Kier molecular flexibility index (Phi) is 6.45. The molecule has 0 unspecified atom stereocenters. The molecule has 8 heteroatoms. The summed E-state index contributed by atoms with van der Waals surface area (Å²) in [6.45, 7) is 0.220. The Morgan fingerprint density at radius 2 is 2.14 bits per heavy atom. The number of carbonyl (C=O) groups excluding carboxylic acids is 1. The van der Waals surface area contributed by atoms with Crippen LogP contribution in [0.3, 0.4) is 0 Å². The number of nitrogens with zero attached hydrogens (tertiary/aromatic N) is 3. The second-order valence-corrected chi connectivity index (χ2v) is 8.12. The monoisotopic (exact) mass is 475 g/mol. The lowest BCUT2D eigenvalue weighted by molar-refractivity contribution is -0.121. The average molecular weight is 477 g/mol. The van der Waals surface area contributed by atoms with Crippen LogP contribution < -0.4 is 4.74 Å². The maximum Gasteiger partial charge on any atom is 0.266 e. The Morgan fingerprint density at radius 1 is 1.39 bits per heavy atom. The third kappa shape index (κ3) is 4.25. The van der Waals surface area contributed by atoms with Crippen LogP contribution in [0.15, 0.2) is 50.8 Å². The van der Waals surface area contributed by atoms with Gasteiger partial charge in [0.2, 0.25) is 0 Å². The standard InChI is InChI=1S/C20H15BrClN3O2S/c1-24-20-25(2)19(26)17(28-20)9-12-7-15(21)18(16(22)8-12)27-11-14-6-4-3-5-13(14)10-23/h3-9H,11H2,1-2H3/b17-9+,24-20?. The van der Waals surface area contributed by atoms with E-state index in [0.29, 0.717) is 30.9 Å². The minimum absolute atomic E-state index is 0.105. The van der Waals surface area contributed by atoms with Crippen molar-refractivity contribution in [1.29, 1.82) is 5.26 Å². The quantitative estimate of drug-likeness (QED) is 0.577. The molecule has 0 saturated carbocycles. The highest BCUT2D eigenvalue weighted by Gasteiger charge is 2.29. The molecule has 2 aromatic carbocycles. The van der Waals surface area contributed by atoms with Crippen molar-refractivity contribution in [2.24, 2.45) is 4.99 Å². The van der Waals surface area contributed by atoms with Gasteiger partial charge in [0.1, 0.15) is 6.61 Å². The first-order chi connectivity index (χ1) is 13.4. The summed E-state index contributed by atoms with van der Waals surface area (Å²) in [7, 11) is 3.34. The van der Waals surface area contributed by atoms with E-state index in [1.54, 1.807) is 32.3 Å². The highest BCUT2D eigenvalue weighted by atomic mass is 79.9. The number of ether oxygens (including phenoxy) is 1. The zero-order valence-corrected chi connectivity index (χ0v) is 18.2. The Hall–Kier alpha value is -2.27. The van der Waals surface area contributed by atoms with Crippen molar-refractivity contribution in [3.63, 3.8) is 0 Å². The molecule has 5 nitrogen and oxygen atoms in total. The molecule has 0 radical (unpaired) electrons. The number of carbonyl (C=O) groups is 1. The third-order valence-corrected chi connectivity index (χ3v) is 6.04. The minimum atomic E-state index is -0.105. The van der Waals surface area contributed by atoms with Gasteiger partial charge in [-0.3, -0.25) is 14.7 Å². The zero-order valence-electron chi connectivity index (χ0n) is 15.1. The van der Waals surface area contributed by atoms with Crippen molar-refractivity contribution < 1.29 is 9.53 Å². The highest BCUT2D eigenvalue weighted by Crippen LogP contribution is 2.37. The maximum atomic E-state index is 12.3. The van der Waals surface area contributed by atoms with Gasteiger partial charge in [-0.1, -0.05) is 29.8 Å². The van der Waals surface area contributed by atoms with Gasteiger partial charge in [-0.2, -0.15) is 5.26 Å². The van der Waals surface area contributed by atoms with Gasteiger partial charge in [-0.15, -0.1) is 0 Å². The molecule has 0 atom stereocenters. The van der Waals surface area contributed by atoms with E-state index in [2.05, 4.69) is 27.0 Å². The van der Waals surface area contributed by atoms with Gasteiger partial charge in [0, 0.05) is 19.7 Å². The van der Waals surface area contributed by atoms with Crippen LogP contribution in [-0.4, -0.2) is 30.1 Å². The molecule has 28 heavy (non-hydrogen) atoms. The first-order valence-corrected chi connectivity index (χ1v) is 10.2. The molecule has 2 aromatic rings. The predicted molar refractivity (Wildman–Crippen MR) is 116 cm³/mol. The molecule has 1 fully saturated rings. The number of hydrogen-bond donors (Lipinski definition) is 0. The Labute approximate surface area is 180 Å². The van der Waals surface area contributed by atoms with Crippen molar-refractivity contribution in [3.05, 3.63) is 67.5 Å². The summed E-state index contributed by atoms with van der Waals surface area (Å²) in [5.41, 5.74) is 2.11. The zero-order chi connectivity index (χ0) is 20.3. The molecule has 142 valence electrons. The molecule has 0 bridgehead atoms. The number of aliphatic imine (C=N–C) groups is 1. The van der Waals surface area contributed by atoms with Crippen LogP contribution in [0.25, 0.3) is 6.08 Å². The molecule has 1 heterocycles. The second-order valence-electron chi connectivity index (χ2n) is 5.85. The molecule has 3 rings (SSSR count). The third-order valence-electron chi connectivity index (χ3n) is 4.02. The van der Waals surface area contributed by atoms with Crippen molar-refractivity contribution in [2.45, 2.75) is 6.61 Å². The largest absolute Gasteiger partial charge is 0.486 e. The molecule has 1 saturated heterocycles. The average Bonchev–Trinajstić information content (AvgIpc) is 2.95. The van der Waals surface area contributed by atoms with E-state index in [1.807, 2.05) is 24.3 Å². The first kappa shape index (κ1) is 20.5. The van der Waals surface area contributed by atoms with Crippen molar-refractivity contribution in [3.8, 4) is 11.8 Å². The number of nitriles is 1. The number of likely N-dealkylation sites (N-methyl/N-ethyl adjacent to an activating group) is 1. The molecule has 0 aliphatic carbocycles. The summed E-state index contributed by atoms with van der Waals surface area (Å²) in [5.74, 6) is 0.376. The maximum absolute atomic E-state index is 12.3. The van der Waals surface area contributed by atoms with E-state index in [9.17, 15) is 10.1 Å². The topological polar surface area (TPSA) is 65.7 Å². The number of hydrogen-bond acceptors (Lipinski definition) is 5. The summed E-state index contributed by atoms with van der Waals surface area (Å²) < 4.78 is 6.51. The molecule has 0 aromatic heterocycles. The van der Waals surface area contributed by atoms with E-state index in [1.165, 1.54) is 16.7 Å². The lowest BCUT2D eigenvalue weighted by Crippen LogP contribution is -2.23. The smallest absolute Gasteiger partial charge is 0.266 e. The summed E-state index contributed by atoms with van der Waals surface area (Å²) in [6, 6.07) is 13.0.